The molecule has 0 saturated carbocycles. The van der Waals surface area contributed by atoms with Crippen LogP contribution in [-0.2, 0) is 9.53 Å². The van der Waals surface area contributed by atoms with Gasteiger partial charge in [-0.25, -0.2) is 0 Å². The van der Waals surface area contributed by atoms with Crippen LogP contribution in [0, 0.1) is 11.3 Å². The highest BCUT2D eigenvalue weighted by Crippen LogP contribution is 2.23. The van der Waals surface area contributed by atoms with Crippen molar-refractivity contribution in [2.45, 2.75) is 18.4 Å². The smallest absolute Gasteiger partial charge is 0.260 e. The summed E-state index contributed by atoms with van der Waals surface area (Å²) < 4.78 is 5.32. The lowest BCUT2D eigenvalue weighted by molar-refractivity contribution is -0.147. The van der Waals surface area contributed by atoms with Crippen molar-refractivity contribution >= 4 is 5.91 Å². The normalized spacial score (nSPS) is 31.4. The minimum Gasteiger partial charge on any atom is -0.376 e. The van der Waals surface area contributed by atoms with Crippen LogP contribution in [0.3, 0.4) is 0 Å². The second-order valence-electron chi connectivity index (χ2n) is 4.45. The van der Waals surface area contributed by atoms with Crippen LogP contribution >= 0.6 is 0 Å². The first-order valence-corrected chi connectivity index (χ1v) is 5.70. The molecule has 0 aromatic heterocycles. The maximum atomic E-state index is 12.3. The zero-order chi connectivity index (χ0) is 11.6. The number of ether oxygens (including phenoxy) is 1. The average molecular weight is 223 g/mol. The van der Waals surface area contributed by atoms with Crippen LogP contribution < -0.4 is 0 Å². The number of likely N-dealkylation sites (tertiary alicyclic amines) is 1. The molecule has 5 nitrogen and oxygen atoms in total. The van der Waals surface area contributed by atoms with Crippen LogP contribution in [0.2, 0.25) is 0 Å². The highest BCUT2D eigenvalue weighted by Gasteiger charge is 2.47. The number of likely N-dealkylation sites (N-methyl/N-ethyl adjacent to an activating group) is 1. The fourth-order valence-corrected chi connectivity index (χ4v) is 2.29. The summed E-state index contributed by atoms with van der Waals surface area (Å²) >= 11 is 0. The van der Waals surface area contributed by atoms with Gasteiger partial charge in [-0.3, -0.25) is 9.69 Å². The van der Waals surface area contributed by atoms with E-state index in [4.69, 9.17) is 4.74 Å². The molecule has 1 amide bonds. The molecule has 2 rings (SSSR count). The van der Waals surface area contributed by atoms with E-state index < -0.39 is 5.54 Å². The van der Waals surface area contributed by atoms with Crippen molar-refractivity contribution in [3.63, 3.8) is 0 Å². The first-order chi connectivity index (χ1) is 7.70. The Morgan fingerprint density at radius 3 is 2.62 bits per heavy atom. The molecule has 0 bridgehead atoms. The molecule has 5 heteroatoms. The van der Waals surface area contributed by atoms with Gasteiger partial charge in [0.2, 0.25) is 5.54 Å². The molecule has 2 aliphatic heterocycles. The van der Waals surface area contributed by atoms with E-state index in [0.29, 0.717) is 13.2 Å². The molecule has 1 atom stereocenters. The van der Waals surface area contributed by atoms with Gasteiger partial charge in [0.25, 0.3) is 5.91 Å². The summed E-state index contributed by atoms with van der Waals surface area (Å²) in [7, 11) is 1.82. The first kappa shape index (κ1) is 11.4. The lowest BCUT2D eigenvalue weighted by atomic mass is 9.97. The highest BCUT2D eigenvalue weighted by molar-refractivity contribution is 5.90. The van der Waals surface area contributed by atoms with Crippen molar-refractivity contribution in [3.05, 3.63) is 0 Å². The third-order valence-corrected chi connectivity index (χ3v) is 3.47. The van der Waals surface area contributed by atoms with Crippen molar-refractivity contribution in [1.82, 2.24) is 9.80 Å². The molecule has 16 heavy (non-hydrogen) atoms. The van der Waals surface area contributed by atoms with E-state index >= 15 is 0 Å². The minimum absolute atomic E-state index is 0.0882. The van der Waals surface area contributed by atoms with Crippen molar-refractivity contribution in [2.75, 3.05) is 39.9 Å². The Hall–Kier alpha value is -1.12. The molecule has 2 saturated heterocycles. The number of morpholine rings is 1. The van der Waals surface area contributed by atoms with E-state index in [1.54, 1.807) is 4.90 Å². The van der Waals surface area contributed by atoms with Crippen molar-refractivity contribution in [2.24, 2.45) is 0 Å². The summed E-state index contributed by atoms with van der Waals surface area (Å²) in [5.41, 5.74) is -1.09. The molecule has 0 spiro atoms. The molecule has 88 valence electrons. The summed E-state index contributed by atoms with van der Waals surface area (Å²) in [5.74, 6) is -0.0882. The lowest BCUT2D eigenvalue weighted by Crippen LogP contribution is -2.63. The third-order valence-electron chi connectivity index (χ3n) is 3.47. The summed E-state index contributed by atoms with van der Waals surface area (Å²) in [6.45, 7) is 2.96. The number of nitriles is 1. The van der Waals surface area contributed by atoms with E-state index in [2.05, 4.69) is 6.07 Å². The van der Waals surface area contributed by atoms with Gasteiger partial charge < -0.3 is 9.64 Å². The zero-order valence-corrected chi connectivity index (χ0v) is 9.61. The predicted molar refractivity (Wildman–Crippen MR) is 57.6 cm³/mol. The molecule has 1 unspecified atom stereocenters. The standard InChI is InChI=1S/C11H17N3O2/c1-13-6-7-16-9-11(13,8-12)10(15)14-4-2-3-5-14/h2-7,9H2,1H3. The minimum atomic E-state index is -1.09. The number of hydrogen-bond donors (Lipinski definition) is 0. The quantitative estimate of drug-likeness (QED) is 0.619. The molecule has 0 radical (unpaired) electrons. The first-order valence-electron chi connectivity index (χ1n) is 5.70. The number of nitrogens with zero attached hydrogens (tertiary/aromatic N) is 3. The Kier molecular flexibility index (Phi) is 3.13. The van der Waals surface area contributed by atoms with E-state index in [1.165, 1.54) is 0 Å². The summed E-state index contributed by atoms with van der Waals surface area (Å²) in [6.07, 6.45) is 2.08. The van der Waals surface area contributed by atoms with E-state index in [0.717, 1.165) is 25.9 Å². The van der Waals surface area contributed by atoms with Gasteiger partial charge in [-0.15, -0.1) is 0 Å². The summed E-state index contributed by atoms with van der Waals surface area (Å²) in [5, 5.41) is 9.32. The summed E-state index contributed by atoms with van der Waals surface area (Å²) in [6, 6.07) is 2.15. The Morgan fingerprint density at radius 2 is 2.06 bits per heavy atom. The second-order valence-corrected chi connectivity index (χ2v) is 4.45. The molecular weight excluding hydrogens is 206 g/mol. The van der Waals surface area contributed by atoms with Crippen molar-refractivity contribution in [3.8, 4) is 6.07 Å². The van der Waals surface area contributed by atoms with Crippen LogP contribution in [0.4, 0.5) is 0 Å². The summed E-state index contributed by atoms with van der Waals surface area (Å²) in [4.78, 5) is 15.9. The maximum absolute atomic E-state index is 12.3. The van der Waals surface area contributed by atoms with E-state index in [1.807, 2.05) is 11.9 Å². The van der Waals surface area contributed by atoms with Crippen LogP contribution in [0.1, 0.15) is 12.8 Å². The Labute approximate surface area is 95.6 Å². The SMILES string of the molecule is CN1CCOCC1(C#N)C(=O)N1CCCC1. The maximum Gasteiger partial charge on any atom is 0.260 e. The zero-order valence-electron chi connectivity index (χ0n) is 9.61. The van der Waals surface area contributed by atoms with E-state index in [-0.39, 0.29) is 12.5 Å². The molecule has 0 aromatic rings. The fourth-order valence-electron chi connectivity index (χ4n) is 2.29. The fraction of sp³-hybridized carbons (Fsp3) is 0.818. The number of hydrogen-bond acceptors (Lipinski definition) is 4. The molecule has 0 aliphatic carbocycles. The van der Waals surface area contributed by atoms with Gasteiger partial charge >= 0.3 is 0 Å². The Balaban J connectivity index is 2.19. The number of carbonyl (C=O) groups is 1. The van der Waals surface area contributed by atoms with Gasteiger partial charge in [-0.2, -0.15) is 5.26 Å². The number of amides is 1. The van der Waals surface area contributed by atoms with Crippen LogP contribution in [-0.4, -0.2) is 61.1 Å². The van der Waals surface area contributed by atoms with Crippen LogP contribution in [0.25, 0.3) is 0 Å². The van der Waals surface area contributed by atoms with Crippen LogP contribution in [0.5, 0.6) is 0 Å². The molecule has 0 N–H and O–H groups in total. The third kappa shape index (κ3) is 1.68. The van der Waals surface area contributed by atoms with Gasteiger partial charge in [0.15, 0.2) is 0 Å². The lowest BCUT2D eigenvalue weighted by Gasteiger charge is -2.40. The topological polar surface area (TPSA) is 56.6 Å². The largest absolute Gasteiger partial charge is 0.376 e. The second kappa shape index (κ2) is 4.40. The monoisotopic (exact) mass is 223 g/mol. The number of rotatable bonds is 1. The molecule has 2 heterocycles. The van der Waals surface area contributed by atoms with Gasteiger partial charge in [0.05, 0.1) is 19.3 Å². The van der Waals surface area contributed by atoms with Crippen molar-refractivity contribution in [1.29, 1.82) is 5.26 Å². The highest BCUT2D eigenvalue weighted by atomic mass is 16.5. The van der Waals surface area contributed by atoms with Gasteiger partial charge in [-0.1, -0.05) is 0 Å². The van der Waals surface area contributed by atoms with Gasteiger partial charge in [0, 0.05) is 19.6 Å². The average Bonchev–Trinajstić information content (AvgIpc) is 2.82. The van der Waals surface area contributed by atoms with Gasteiger partial charge in [0.1, 0.15) is 0 Å². The van der Waals surface area contributed by atoms with Gasteiger partial charge in [-0.05, 0) is 19.9 Å². The molecule has 2 aliphatic rings. The van der Waals surface area contributed by atoms with E-state index in [9.17, 15) is 10.1 Å². The molecule has 0 aromatic carbocycles. The van der Waals surface area contributed by atoms with Crippen LogP contribution in [0.15, 0.2) is 0 Å². The Morgan fingerprint density at radius 1 is 1.38 bits per heavy atom. The predicted octanol–water partition coefficient (Wildman–Crippen LogP) is -0.167. The molecule has 2 fully saturated rings. The van der Waals surface area contributed by atoms with Crippen molar-refractivity contribution < 1.29 is 9.53 Å². The Bertz CT molecular complexity index is 320. The number of carbonyl (C=O) groups excluding carboxylic acids is 1. The molecular formula is C11H17N3O2.